The van der Waals surface area contributed by atoms with Gasteiger partial charge in [0.25, 0.3) is 0 Å². The van der Waals surface area contributed by atoms with Crippen molar-refractivity contribution >= 4 is 16.9 Å². The number of carbonyl (C=O) groups is 1. The molecule has 0 aliphatic carbocycles. The van der Waals surface area contributed by atoms with Crippen LogP contribution in [-0.2, 0) is 4.79 Å². The van der Waals surface area contributed by atoms with E-state index < -0.39 is 11.9 Å². The summed E-state index contributed by atoms with van der Waals surface area (Å²) in [5.41, 5.74) is 2.82. The molecule has 0 amide bonds. The molecule has 1 aromatic heterocycles. The minimum absolute atomic E-state index is 0.471. The number of aliphatic carboxylic acids is 1. The zero-order chi connectivity index (χ0) is 13.0. The minimum atomic E-state index is -0.789. The molecular formula is C14H19NO2. The number of aromatic nitrogens is 1. The highest BCUT2D eigenvalue weighted by Crippen LogP contribution is 2.28. The van der Waals surface area contributed by atoms with Crippen LogP contribution in [-0.4, -0.2) is 16.1 Å². The van der Waals surface area contributed by atoms with Crippen LogP contribution in [0.1, 0.15) is 37.9 Å². The Labute approximate surface area is 101 Å². The van der Waals surface area contributed by atoms with Gasteiger partial charge in [0.15, 0.2) is 0 Å². The first-order valence-electron chi connectivity index (χ1n) is 5.91. The summed E-state index contributed by atoms with van der Waals surface area (Å²) in [6.45, 7) is 7.62. The summed E-state index contributed by atoms with van der Waals surface area (Å²) in [4.78, 5) is 14.2. The van der Waals surface area contributed by atoms with Gasteiger partial charge in [-0.05, 0) is 25.5 Å². The molecule has 0 fully saturated rings. The largest absolute Gasteiger partial charge is 0.481 e. The summed E-state index contributed by atoms with van der Waals surface area (Å²) < 4.78 is 0. The number of nitrogens with one attached hydrogen (secondary N) is 1. The average Bonchev–Trinajstić information content (AvgIpc) is 2.66. The van der Waals surface area contributed by atoms with Gasteiger partial charge in [0.2, 0.25) is 0 Å². The maximum absolute atomic E-state index is 11.0. The number of aryl methyl sites for hydroxylation is 1. The highest BCUT2D eigenvalue weighted by Gasteiger charge is 2.20. The summed E-state index contributed by atoms with van der Waals surface area (Å²) in [6, 6.07) is 7.77. The van der Waals surface area contributed by atoms with Crippen molar-refractivity contribution in [2.24, 2.45) is 0 Å². The van der Waals surface area contributed by atoms with Crippen LogP contribution >= 0.6 is 0 Å². The van der Waals surface area contributed by atoms with Gasteiger partial charge in [0.1, 0.15) is 0 Å². The summed E-state index contributed by atoms with van der Waals surface area (Å²) in [5.74, 6) is -1.26. The number of rotatable bonds is 2. The van der Waals surface area contributed by atoms with Crippen molar-refractivity contribution in [1.29, 1.82) is 0 Å². The van der Waals surface area contributed by atoms with E-state index in [1.165, 1.54) is 0 Å². The van der Waals surface area contributed by atoms with E-state index in [9.17, 15) is 4.79 Å². The second-order valence-electron chi connectivity index (χ2n) is 3.77. The number of carboxylic acid groups (broad SMARTS) is 1. The average molecular weight is 233 g/mol. The Bertz CT molecular complexity index is 514. The monoisotopic (exact) mass is 233 g/mol. The van der Waals surface area contributed by atoms with Gasteiger partial charge in [-0.2, -0.15) is 0 Å². The van der Waals surface area contributed by atoms with E-state index >= 15 is 0 Å². The number of hydrogen-bond donors (Lipinski definition) is 2. The molecule has 0 radical (unpaired) electrons. The third kappa shape index (κ3) is 2.49. The van der Waals surface area contributed by atoms with E-state index in [-0.39, 0.29) is 0 Å². The number of para-hydroxylation sites is 1. The normalized spacial score (nSPS) is 11.8. The lowest BCUT2D eigenvalue weighted by molar-refractivity contribution is -0.138. The summed E-state index contributed by atoms with van der Waals surface area (Å²) in [6.07, 6.45) is 0. The Balaban J connectivity index is 0.000000686. The maximum atomic E-state index is 11.0. The van der Waals surface area contributed by atoms with Crippen LogP contribution in [0.2, 0.25) is 0 Å². The Morgan fingerprint density at radius 1 is 1.29 bits per heavy atom. The zero-order valence-corrected chi connectivity index (χ0v) is 10.7. The van der Waals surface area contributed by atoms with E-state index in [1.54, 1.807) is 6.92 Å². The minimum Gasteiger partial charge on any atom is -0.481 e. The molecule has 3 heteroatoms. The molecule has 0 aliphatic heterocycles. The van der Waals surface area contributed by atoms with Crippen molar-refractivity contribution < 1.29 is 9.90 Å². The van der Waals surface area contributed by atoms with Crippen LogP contribution in [0, 0.1) is 6.92 Å². The van der Waals surface area contributed by atoms with Gasteiger partial charge in [-0.1, -0.05) is 32.0 Å². The number of benzene rings is 1. The zero-order valence-electron chi connectivity index (χ0n) is 10.7. The molecule has 1 heterocycles. The van der Waals surface area contributed by atoms with Gasteiger partial charge in [-0.25, -0.2) is 0 Å². The van der Waals surface area contributed by atoms with Crippen LogP contribution < -0.4 is 0 Å². The predicted molar refractivity (Wildman–Crippen MR) is 70.4 cm³/mol. The first kappa shape index (κ1) is 13.3. The van der Waals surface area contributed by atoms with E-state index in [0.717, 1.165) is 22.2 Å². The molecule has 17 heavy (non-hydrogen) atoms. The molecule has 3 nitrogen and oxygen atoms in total. The third-order valence-electron chi connectivity index (χ3n) is 2.75. The highest BCUT2D eigenvalue weighted by atomic mass is 16.4. The van der Waals surface area contributed by atoms with Gasteiger partial charge in [-0.3, -0.25) is 4.79 Å². The van der Waals surface area contributed by atoms with Crippen LogP contribution in [0.25, 0.3) is 10.9 Å². The number of H-pyrrole nitrogens is 1. The maximum Gasteiger partial charge on any atom is 0.310 e. The van der Waals surface area contributed by atoms with Gasteiger partial charge < -0.3 is 10.1 Å². The smallest absolute Gasteiger partial charge is 0.310 e. The summed E-state index contributed by atoms with van der Waals surface area (Å²) >= 11 is 0. The number of carboxylic acids is 1. The lowest BCUT2D eigenvalue weighted by Crippen LogP contribution is -2.07. The highest BCUT2D eigenvalue weighted by molar-refractivity contribution is 5.90. The molecule has 2 aromatic rings. The Morgan fingerprint density at radius 2 is 1.88 bits per heavy atom. The number of fused-ring (bicyclic) bond motifs is 1. The first-order valence-corrected chi connectivity index (χ1v) is 5.91. The topological polar surface area (TPSA) is 53.1 Å². The van der Waals surface area contributed by atoms with Crippen LogP contribution in [0.4, 0.5) is 0 Å². The molecular weight excluding hydrogens is 214 g/mol. The fourth-order valence-corrected chi connectivity index (χ4v) is 1.98. The number of hydrogen-bond acceptors (Lipinski definition) is 1. The molecule has 0 aliphatic rings. The van der Waals surface area contributed by atoms with Crippen LogP contribution in [0.3, 0.4) is 0 Å². The molecule has 0 saturated heterocycles. The molecule has 1 unspecified atom stereocenters. The summed E-state index contributed by atoms with van der Waals surface area (Å²) in [7, 11) is 0. The SMILES string of the molecule is CC.Cc1[nH]c2ccccc2c1C(C)C(=O)O. The molecule has 0 spiro atoms. The molecule has 0 saturated carbocycles. The summed E-state index contributed by atoms with van der Waals surface area (Å²) in [5, 5.41) is 10.0. The van der Waals surface area contributed by atoms with Crippen molar-refractivity contribution in [3.8, 4) is 0 Å². The van der Waals surface area contributed by atoms with Crippen molar-refractivity contribution in [2.75, 3.05) is 0 Å². The van der Waals surface area contributed by atoms with E-state index in [0.29, 0.717) is 0 Å². The molecule has 92 valence electrons. The van der Waals surface area contributed by atoms with Crippen molar-refractivity contribution in [3.63, 3.8) is 0 Å². The van der Waals surface area contributed by atoms with Crippen LogP contribution in [0.15, 0.2) is 24.3 Å². The fraction of sp³-hybridized carbons (Fsp3) is 0.357. The van der Waals surface area contributed by atoms with E-state index in [4.69, 9.17) is 5.11 Å². The Kier molecular flexibility index (Phi) is 4.32. The van der Waals surface area contributed by atoms with Gasteiger partial charge in [0, 0.05) is 16.6 Å². The second kappa shape index (κ2) is 5.53. The van der Waals surface area contributed by atoms with Crippen LogP contribution in [0.5, 0.6) is 0 Å². The quantitative estimate of drug-likeness (QED) is 0.831. The Hall–Kier alpha value is -1.77. The predicted octanol–water partition coefficient (Wildman–Crippen LogP) is 3.69. The van der Waals surface area contributed by atoms with Gasteiger partial charge in [0.05, 0.1) is 5.92 Å². The molecule has 2 rings (SSSR count). The van der Waals surface area contributed by atoms with E-state index in [1.807, 2.05) is 45.0 Å². The standard InChI is InChI=1S/C12H13NO2.C2H6/c1-7(12(14)15)11-8(2)13-10-6-4-3-5-9(10)11;1-2/h3-7,13H,1-2H3,(H,14,15);1-2H3. The molecule has 0 bridgehead atoms. The van der Waals surface area contributed by atoms with Gasteiger partial charge in [-0.15, -0.1) is 0 Å². The lowest BCUT2D eigenvalue weighted by atomic mass is 9.98. The lowest BCUT2D eigenvalue weighted by Gasteiger charge is -2.06. The first-order chi connectivity index (χ1) is 8.11. The van der Waals surface area contributed by atoms with Crippen molar-refractivity contribution in [3.05, 3.63) is 35.5 Å². The molecule has 1 aromatic carbocycles. The molecule has 2 N–H and O–H groups in total. The third-order valence-corrected chi connectivity index (χ3v) is 2.75. The van der Waals surface area contributed by atoms with E-state index in [2.05, 4.69) is 4.98 Å². The van der Waals surface area contributed by atoms with Gasteiger partial charge >= 0.3 is 5.97 Å². The van der Waals surface area contributed by atoms with Crippen molar-refractivity contribution in [2.45, 2.75) is 33.6 Å². The Morgan fingerprint density at radius 3 is 2.47 bits per heavy atom. The second-order valence-corrected chi connectivity index (χ2v) is 3.77. The fourth-order valence-electron chi connectivity index (χ4n) is 1.98. The van der Waals surface area contributed by atoms with Crippen molar-refractivity contribution in [1.82, 2.24) is 4.98 Å². The molecule has 1 atom stereocenters. The number of aromatic amines is 1.